The minimum atomic E-state index is 0.113. The van der Waals surface area contributed by atoms with Crippen LogP contribution in [0.5, 0.6) is 0 Å². The highest BCUT2D eigenvalue weighted by Crippen LogP contribution is 2.21. The molecule has 0 spiro atoms. The summed E-state index contributed by atoms with van der Waals surface area (Å²) in [5.74, 6) is 0.113. The van der Waals surface area contributed by atoms with Gasteiger partial charge in [0.15, 0.2) is 0 Å². The van der Waals surface area contributed by atoms with Crippen molar-refractivity contribution >= 4 is 5.91 Å². The van der Waals surface area contributed by atoms with Crippen molar-refractivity contribution in [1.82, 2.24) is 4.90 Å². The Balaban J connectivity index is 2.40. The summed E-state index contributed by atoms with van der Waals surface area (Å²) < 4.78 is 0. The summed E-state index contributed by atoms with van der Waals surface area (Å²) >= 11 is 0. The number of amides is 1. The van der Waals surface area contributed by atoms with Gasteiger partial charge in [0.2, 0.25) is 5.91 Å². The fraction of sp³-hybridized carbons (Fsp3) is 0.533. The van der Waals surface area contributed by atoms with Crippen molar-refractivity contribution in [2.75, 3.05) is 7.05 Å². The van der Waals surface area contributed by atoms with Crippen molar-refractivity contribution in [1.29, 1.82) is 0 Å². The number of nitrogens with zero attached hydrogens (tertiary/aromatic N) is 1. The maximum atomic E-state index is 11.9. The molecule has 1 saturated carbocycles. The zero-order valence-corrected chi connectivity index (χ0v) is 10.9. The molecule has 0 bridgehead atoms. The maximum Gasteiger partial charge on any atom is 0.246 e. The molecule has 1 amide bonds. The number of allylic oxidation sites excluding steroid dienone is 5. The van der Waals surface area contributed by atoms with Crippen LogP contribution in [0.3, 0.4) is 0 Å². The van der Waals surface area contributed by atoms with Crippen LogP contribution in [0.15, 0.2) is 36.5 Å². The molecule has 0 saturated heterocycles. The average molecular weight is 233 g/mol. The molecule has 0 heterocycles. The third kappa shape index (κ3) is 5.03. The van der Waals surface area contributed by atoms with Crippen molar-refractivity contribution in [3.63, 3.8) is 0 Å². The Bertz CT molecular complexity index is 309. The van der Waals surface area contributed by atoms with Gasteiger partial charge in [0, 0.05) is 19.2 Å². The van der Waals surface area contributed by atoms with Gasteiger partial charge in [-0.2, -0.15) is 0 Å². The molecular weight excluding hydrogens is 210 g/mol. The van der Waals surface area contributed by atoms with Crippen LogP contribution < -0.4 is 0 Å². The molecular formula is C15H23NO. The first-order valence-electron chi connectivity index (χ1n) is 6.48. The molecule has 0 unspecified atom stereocenters. The van der Waals surface area contributed by atoms with Crippen molar-refractivity contribution in [3.8, 4) is 0 Å². The third-order valence-corrected chi connectivity index (χ3v) is 3.23. The molecule has 1 rings (SSSR count). The van der Waals surface area contributed by atoms with Gasteiger partial charge in [-0.15, -0.1) is 0 Å². The predicted molar refractivity (Wildman–Crippen MR) is 72.7 cm³/mol. The van der Waals surface area contributed by atoms with E-state index in [1.807, 2.05) is 49.3 Å². The average Bonchev–Trinajstić information content (AvgIpc) is 2.38. The lowest BCUT2D eigenvalue weighted by Crippen LogP contribution is -2.37. The summed E-state index contributed by atoms with van der Waals surface area (Å²) in [6, 6.07) is 0.445. The second kappa shape index (κ2) is 7.88. The van der Waals surface area contributed by atoms with Gasteiger partial charge in [-0.25, -0.2) is 0 Å². The second-order valence-electron chi connectivity index (χ2n) is 4.51. The van der Waals surface area contributed by atoms with Gasteiger partial charge in [0.25, 0.3) is 0 Å². The molecule has 0 aromatic rings. The van der Waals surface area contributed by atoms with E-state index in [1.54, 1.807) is 6.08 Å². The van der Waals surface area contributed by atoms with Crippen molar-refractivity contribution in [2.45, 2.75) is 45.1 Å². The van der Waals surface area contributed by atoms with E-state index in [2.05, 4.69) is 0 Å². The quantitative estimate of drug-likeness (QED) is 0.538. The zero-order valence-electron chi connectivity index (χ0n) is 10.9. The van der Waals surface area contributed by atoms with E-state index in [-0.39, 0.29) is 5.91 Å². The van der Waals surface area contributed by atoms with Crippen LogP contribution in [0.2, 0.25) is 0 Å². The molecule has 0 aromatic heterocycles. The fourth-order valence-corrected chi connectivity index (χ4v) is 2.14. The predicted octanol–water partition coefficient (Wildman–Crippen LogP) is 3.47. The molecule has 2 nitrogen and oxygen atoms in total. The highest BCUT2D eigenvalue weighted by atomic mass is 16.2. The van der Waals surface area contributed by atoms with Crippen LogP contribution in [0.1, 0.15) is 39.0 Å². The van der Waals surface area contributed by atoms with Gasteiger partial charge in [0.1, 0.15) is 0 Å². The topological polar surface area (TPSA) is 20.3 Å². The van der Waals surface area contributed by atoms with Crippen LogP contribution in [0, 0.1) is 0 Å². The highest BCUT2D eigenvalue weighted by Gasteiger charge is 2.20. The summed E-state index contributed by atoms with van der Waals surface area (Å²) in [4.78, 5) is 13.8. The maximum absolute atomic E-state index is 11.9. The van der Waals surface area contributed by atoms with Gasteiger partial charge in [-0.05, 0) is 19.8 Å². The summed E-state index contributed by atoms with van der Waals surface area (Å²) in [7, 11) is 1.92. The normalized spacial score (nSPS) is 18.5. The number of likely N-dealkylation sites (N-methyl/N-ethyl adjacent to an activating group) is 1. The van der Waals surface area contributed by atoms with Gasteiger partial charge in [-0.3, -0.25) is 4.79 Å². The smallest absolute Gasteiger partial charge is 0.246 e. The van der Waals surface area contributed by atoms with Crippen LogP contribution >= 0.6 is 0 Å². The number of carbonyl (C=O) groups excluding carboxylic acids is 1. The SMILES string of the molecule is C\C=C/C=C\C=C\C(=O)N(C)C1CCCCC1. The Morgan fingerprint density at radius 2 is 1.71 bits per heavy atom. The Kier molecular flexibility index (Phi) is 6.38. The molecule has 2 heteroatoms. The Labute approximate surface area is 105 Å². The highest BCUT2D eigenvalue weighted by molar-refractivity contribution is 5.87. The van der Waals surface area contributed by atoms with Crippen LogP contribution in [-0.2, 0) is 4.79 Å². The van der Waals surface area contributed by atoms with E-state index in [9.17, 15) is 4.79 Å². The van der Waals surface area contributed by atoms with E-state index in [0.717, 1.165) is 12.8 Å². The van der Waals surface area contributed by atoms with Crippen LogP contribution in [-0.4, -0.2) is 23.9 Å². The molecule has 0 aromatic carbocycles. The lowest BCUT2D eigenvalue weighted by Gasteiger charge is -2.30. The second-order valence-corrected chi connectivity index (χ2v) is 4.51. The lowest BCUT2D eigenvalue weighted by atomic mass is 9.94. The van der Waals surface area contributed by atoms with Crippen LogP contribution in [0.25, 0.3) is 0 Å². The summed E-state index contributed by atoms with van der Waals surface area (Å²) in [5, 5.41) is 0. The molecule has 1 aliphatic carbocycles. The van der Waals surface area contributed by atoms with Crippen molar-refractivity contribution in [3.05, 3.63) is 36.5 Å². The van der Waals surface area contributed by atoms with Crippen LogP contribution in [0.4, 0.5) is 0 Å². The number of hydrogen-bond donors (Lipinski definition) is 0. The minimum absolute atomic E-state index is 0.113. The third-order valence-electron chi connectivity index (χ3n) is 3.23. The fourth-order valence-electron chi connectivity index (χ4n) is 2.14. The molecule has 1 aliphatic rings. The molecule has 0 radical (unpaired) electrons. The lowest BCUT2D eigenvalue weighted by molar-refractivity contribution is -0.127. The summed E-state index contributed by atoms with van der Waals surface area (Å²) in [6.45, 7) is 1.97. The van der Waals surface area contributed by atoms with Gasteiger partial charge < -0.3 is 4.90 Å². The Morgan fingerprint density at radius 1 is 1.06 bits per heavy atom. The molecule has 0 atom stereocenters. The van der Waals surface area contributed by atoms with Gasteiger partial charge in [-0.1, -0.05) is 49.6 Å². The Morgan fingerprint density at radius 3 is 2.35 bits per heavy atom. The van der Waals surface area contributed by atoms with E-state index < -0.39 is 0 Å². The standard InChI is InChI=1S/C15H23NO/c1-3-4-5-6-10-13-15(17)16(2)14-11-8-7-9-12-14/h3-6,10,13-14H,7-9,11-12H2,1-2H3/b4-3-,6-5-,13-10+. The first-order valence-corrected chi connectivity index (χ1v) is 6.48. The minimum Gasteiger partial charge on any atom is -0.339 e. The van der Waals surface area contributed by atoms with E-state index in [4.69, 9.17) is 0 Å². The summed E-state index contributed by atoms with van der Waals surface area (Å²) in [6.07, 6.45) is 17.3. The number of carbonyl (C=O) groups is 1. The largest absolute Gasteiger partial charge is 0.339 e. The molecule has 0 aliphatic heterocycles. The molecule has 0 N–H and O–H groups in total. The molecule has 1 fully saturated rings. The van der Waals surface area contributed by atoms with Gasteiger partial charge in [0.05, 0.1) is 0 Å². The molecule has 94 valence electrons. The van der Waals surface area contributed by atoms with Crippen molar-refractivity contribution < 1.29 is 4.79 Å². The van der Waals surface area contributed by atoms with Gasteiger partial charge >= 0.3 is 0 Å². The molecule has 17 heavy (non-hydrogen) atoms. The first-order chi connectivity index (χ1) is 8.25. The monoisotopic (exact) mass is 233 g/mol. The van der Waals surface area contributed by atoms with E-state index in [0.29, 0.717) is 6.04 Å². The Hall–Kier alpha value is -1.31. The van der Waals surface area contributed by atoms with E-state index in [1.165, 1.54) is 19.3 Å². The van der Waals surface area contributed by atoms with E-state index >= 15 is 0 Å². The number of rotatable bonds is 4. The number of hydrogen-bond acceptors (Lipinski definition) is 1. The zero-order chi connectivity index (χ0) is 12.5. The van der Waals surface area contributed by atoms with Crippen molar-refractivity contribution in [2.24, 2.45) is 0 Å². The first kappa shape index (κ1) is 13.8. The summed E-state index contributed by atoms with van der Waals surface area (Å²) in [5.41, 5.74) is 0.